The molecule has 0 saturated carbocycles. The van der Waals surface area contributed by atoms with E-state index < -0.39 is 6.04 Å². The number of nitrogens with one attached hydrogen (secondary N) is 1. The fourth-order valence-corrected chi connectivity index (χ4v) is 3.52. The highest BCUT2D eigenvalue weighted by Crippen LogP contribution is 2.23. The average molecular weight is 409 g/mol. The van der Waals surface area contributed by atoms with Gasteiger partial charge >= 0.3 is 0 Å². The lowest BCUT2D eigenvalue weighted by Crippen LogP contribution is -2.46. The number of oxime groups is 1. The van der Waals surface area contributed by atoms with Crippen LogP contribution in [-0.2, 0) is 9.63 Å². The second-order valence-electron chi connectivity index (χ2n) is 7.16. The van der Waals surface area contributed by atoms with E-state index in [9.17, 15) is 9.59 Å². The molecule has 2 amide bonds. The van der Waals surface area contributed by atoms with Crippen LogP contribution in [0.2, 0.25) is 0 Å². The molecule has 3 rings (SSSR count). The van der Waals surface area contributed by atoms with Crippen LogP contribution in [0.15, 0.2) is 59.8 Å². The Morgan fingerprint density at radius 3 is 2.47 bits per heavy atom. The van der Waals surface area contributed by atoms with Crippen molar-refractivity contribution >= 4 is 17.5 Å². The molecule has 0 aliphatic carbocycles. The van der Waals surface area contributed by atoms with Gasteiger partial charge in [-0.3, -0.25) is 9.59 Å². The van der Waals surface area contributed by atoms with Crippen LogP contribution < -0.4 is 5.32 Å². The summed E-state index contributed by atoms with van der Waals surface area (Å²) in [5.41, 5.74) is 3.27. The number of carbonyl (C=O) groups excluding carboxylic acids is 2. The fourth-order valence-electron chi connectivity index (χ4n) is 3.52. The number of hydrogen-bond donors (Lipinski definition) is 2. The number of nitrogens with zero attached hydrogens (tertiary/aromatic N) is 2. The lowest BCUT2D eigenvalue weighted by molar-refractivity contribution is -0.124. The van der Waals surface area contributed by atoms with E-state index in [-0.39, 0.29) is 25.0 Å². The summed E-state index contributed by atoms with van der Waals surface area (Å²) in [5, 5.41) is 15.7. The van der Waals surface area contributed by atoms with Crippen molar-refractivity contribution in [1.82, 2.24) is 10.2 Å². The molecule has 1 aliphatic heterocycles. The third kappa shape index (κ3) is 5.24. The standard InChI is InChI=1S/C23H27N3O4/c1-30-25-20-15-21(22(28)24-13-5-6-14-27)26(16-20)23(29)19-11-9-18(10-12-19)17-7-3-2-4-8-17/h2-4,7-12,21,27H,5-6,13-16H2,1H3,(H,24,28)/b25-20+/t21-/m0/s1. The van der Waals surface area contributed by atoms with Crippen LogP contribution >= 0.6 is 0 Å². The first kappa shape index (κ1) is 21.5. The Morgan fingerprint density at radius 2 is 1.80 bits per heavy atom. The SMILES string of the molecule is CO/N=C1\C[C@@H](C(=O)NCCCCO)N(C(=O)c2ccc(-c3ccccc3)cc2)C1. The van der Waals surface area contributed by atoms with Gasteiger partial charge in [-0.15, -0.1) is 0 Å². The summed E-state index contributed by atoms with van der Waals surface area (Å²) in [6.45, 7) is 0.801. The second kappa shape index (κ2) is 10.5. The molecule has 158 valence electrons. The number of aliphatic hydroxyl groups excluding tert-OH is 1. The van der Waals surface area contributed by atoms with Crippen LogP contribution in [0.3, 0.4) is 0 Å². The van der Waals surface area contributed by atoms with Crippen molar-refractivity contribution in [3.8, 4) is 11.1 Å². The van der Waals surface area contributed by atoms with Crippen molar-refractivity contribution in [2.75, 3.05) is 26.8 Å². The van der Waals surface area contributed by atoms with E-state index >= 15 is 0 Å². The van der Waals surface area contributed by atoms with E-state index in [4.69, 9.17) is 9.94 Å². The predicted octanol–water partition coefficient (Wildman–Crippen LogP) is 2.46. The van der Waals surface area contributed by atoms with Crippen molar-refractivity contribution in [2.24, 2.45) is 5.16 Å². The van der Waals surface area contributed by atoms with Gasteiger partial charge in [0.15, 0.2) is 0 Å². The minimum Gasteiger partial charge on any atom is -0.399 e. The summed E-state index contributed by atoms with van der Waals surface area (Å²) in [6, 6.07) is 16.7. The maximum atomic E-state index is 13.2. The maximum Gasteiger partial charge on any atom is 0.254 e. The van der Waals surface area contributed by atoms with Crippen LogP contribution in [0, 0.1) is 0 Å². The number of carbonyl (C=O) groups is 2. The second-order valence-corrected chi connectivity index (χ2v) is 7.16. The highest BCUT2D eigenvalue weighted by Gasteiger charge is 2.38. The molecule has 7 nitrogen and oxygen atoms in total. The first-order valence-electron chi connectivity index (χ1n) is 10.1. The Labute approximate surface area is 176 Å². The number of amides is 2. The molecule has 2 aromatic rings. The van der Waals surface area contributed by atoms with E-state index in [0.29, 0.717) is 37.1 Å². The molecular formula is C23H27N3O4. The zero-order valence-corrected chi connectivity index (χ0v) is 17.1. The van der Waals surface area contributed by atoms with E-state index in [1.165, 1.54) is 12.0 Å². The Morgan fingerprint density at radius 1 is 1.10 bits per heavy atom. The molecule has 7 heteroatoms. The predicted molar refractivity (Wildman–Crippen MR) is 115 cm³/mol. The first-order valence-corrected chi connectivity index (χ1v) is 10.1. The van der Waals surface area contributed by atoms with Gasteiger partial charge in [0.1, 0.15) is 13.2 Å². The van der Waals surface area contributed by atoms with Crippen LogP contribution in [-0.4, -0.2) is 60.4 Å². The van der Waals surface area contributed by atoms with Crippen molar-refractivity contribution in [3.63, 3.8) is 0 Å². The molecule has 2 N–H and O–H groups in total. The van der Waals surface area contributed by atoms with Gasteiger partial charge in [0.05, 0.1) is 12.3 Å². The van der Waals surface area contributed by atoms with Gasteiger partial charge in [-0.1, -0.05) is 47.6 Å². The molecule has 0 spiro atoms. The van der Waals surface area contributed by atoms with Gasteiger partial charge in [0.2, 0.25) is 5.91 Å². The molecule has 1 atom stereocenters. The van der Waals surface area contributed by atoms with Gasteiger partial charge < -0.3 is 20.2 Å². The van der Waals surface area contributed by atoms with E-state index in [1.54, 1.807) is 12.1 Å². The van der Waals surface area contributed by atoms with Crippen molar-refractivity contribution in [2.45, 2.75) is 25.3 Å². The molecule has 0 bridgehead atoms. The van der Waals surface area contributed by atoms with Gasteiger partial charge in [-0.2, -0.15) is 0 Å². The number of hydrogen-bond acceptors (Lipinski definition) is 5. The normalized spacial score (nSPS) is 17.2. The summed E-state index contributed by atoms with van der Waals surface area (Å²) in [5.74, 6) is -0.435. The summed E-state index contributed by atoms with van der Waals surface area (Å²) >= 11 is 0. The molecule has 1 heterocycles. The minimum atomic E-state index is -0.630. The topological polar surface area (TPSA) is 91.2 Å². The molecule has 0 unspecified atom stereocenters. The van der Waals surface area contributed by atoms with Crippen molar-refractivity contribution in [3.05, 3.63) is 60.2 Å². The Bertz CT molecular complexity index is 881. The van der Waals surface area contributed by atoms with Gasteiger partial charge in [-0.05, 0) is 36.1 Å². The van der Waals surface area contributed by atoms with E-state index in [2.05, 4.69) is 10.5 Å². The van der Waals surface area contributed by atoms with E-state index in [1.807, 2.05) is 42.5 Å². The number of benzene rings is 2. The molecule has 1 aliphatic rings. The molecule has 1 fully saturated rings. The monoisotopic (exact) mass is 409 g/mol. The van der Waals surface area contributed by atoms with Crippen LogP contribution in [0.1, 0.15) is 29.6 Å². The van der Waals surface area contributed by atoms with Gasteiger partial charge in [-0.25, -0.2) is 0 Å². The zero-order chi connectivity index (χ0) is 21.3. The fraction of sp³-hybridized carbons (Fsp3) is 0.348. The van der Waals surface area contributed by atoms with Gasteiger partial charge in [0, 0.05) is 25.1 Å². The number of aliphatic hydroxyl groups is 1. The average Bonchev–Trinajstić information content (AvgIpc) is 3.21. The highest BCUT2D eigenvalue weighted by atomic mass is 16.6. The zero-order valence-electron chi connectivity index (χ0n) is 17.1. The Hall–Kier alpha value is -3.19. The summed E-state index contributed by atoms with van der Waals surface area (Å²) in [4.78, 5) is 32.2. The summed E-state index contributed by atoms with van der Waals surface area (Å²) in [6.07, 6.45) is 1.65. The number of rotatable bonds is 8. The molecule has 0 radical (unpaired) electrons. The van der Waals surface area contributed by atoms with Crippen LogP contribution in [0.5, 0.6) is 0 Å². The molecular weight excluding hydrogens is 382 g/mol. The molecule has 0 aromatic heterocycles. The van der Waals surface area contributed by atoms with Crippen molar-refractivity contribution in [1.29, 1.82) is 0 Å². The Kier molecular flexibility index (Phi) is 7.57. The highest BCUT2D eigenvalue weighted by molar-refractivity contribution is 6.05. The number of likely N-dealkylation sites (tertiary alicyclic amines) is 1. The largest absolute Gasteiger partial charge is 0.399 e. The molecule has 2 aromatic carbocycles. The van der Waals surface area contributed by atoms with Gasteiger partial charge in [0.25, 0.3) is 5.91 Å². The summed E-state index contributed by atoms with van der Waals surface area (Å²) < 4.78 is 0. The first-order chi connectivity index (χ1) is 14.6. The number of unbranched alkanes of at least 4 members (excludes halogenated alkanes) is 1. The van der Waals surface area contributed by atoms with Crippen LogP contribution in [0.25, 0.3) is 11.1 Å². The quantitative estimate of drug-likeness (QED) is 0.518. The third-order valence-electron chi connectivity index (χ3n) is 5.07. The maximum absolute atomic E-state index is 13.2. The molecule has 30 heavy (non-hydrogen) atoms. The summed E-state index contributed by atoms with van der Waals surface area (Å²) in [7, 11) is 1.45. The minimum absolute atomic E-state index is 0.0908. The lowest BCUT2D eigenvalue weighted by Gasteiger charge is -2.23. The molecule has 1 saturated heterocycles. The third-order valence-corrected chi connectivity index (χ3v) is 5.07. The smallest absolute Gasteiger partial charge is 0.254 e. The van der Waals surface area contributed by atoms with Crippen LogP contribution in [0.4, 0.5) is 0 Å². The lowest BCUT2D eigenvalue weighted by atomic mass is 10.0. The Balaban J connectivity index is 1.74. The van der Waals surface area contributed by atoms with E-state index in [0.717, 1.165) is 11.1 Å². The van der Waals surface area contributed by atoms with Crippen molar-refractivity contribution < 1.29 is 19.5 Å².